The minimum Gasteiger partial charge on any atom is -0.194 e. The zero-order valence-corrected chi connectivity index (χ0v) is 7.01. The Kier molecular flexibility index (Phi) is 2.30. The zero-order chi connectivity index (χ0) is 7.78. The maximum Gasteiger partial charge on any atom is 0.294 e. The quantitative estimate of drug-likeness (QED) is 0.572. The number of alkyl halides is 2. The maximum atomic E-state index is 12.4. The molecule has 0 heterocycles. The fraction of sp³-hybridized carbons (Fsp3) is 0.667. The fourth-order valence-electron chi connectivity index (χ4n) is 0.962. The van der Waals surface area contributed by atoms with Crippen LogP contribution in [0.5, 0.6) is 0 Å². The van der Waals surface area contributed by atoms with Gasteiger partial charge in [-0.3, -0.25) is 0 Å². The molecule has 0 spiro atoms. The predicted molar refractivity (Wildman–Crippen MR) is 43.7 cm³/mol. The van der Waals surface area contributed by atoms with E-state index in [9.17, 15) is 8.78 Å². The highest BCUT2D eigenvalue weighted by Crippen LogP contribution is 2.40. The second-order valence-electron chi connectivity index (χ2n) is 2.42. The standard InChI is InChI=1S/C6H8F2S2/c7-6(8,10)4-1-2-5(9)3-4/h2,4,9-10H,1,3H2. The van der Waals surface area contributed by atoms with Crippen molar-refractivity contribution in [3.63, 3.8) is 0 Å². The average molecular weight is 182 g/mol. The van der Waals surface area contributed by atoms with Crippen LogP contribution < -0.4 is 0 Å². The summed E-state index contributed by atoms with van der Waals surface area (Å²) in [6, 6.07) is 0. The van der Waals surface area contributed by atoms with Gasteiger partial charge < -0.3 is 0 Å². The fourth-order valence-corrected chi connectivity index (χ4v) is 1.48. The summed E-state index contributed by atoms with van der Waals surface area (Å²) in [6.07, 6.45) is 2.48. The van der Waals surface area contributed by atoms with Gasteiger partial charge in [0.15, 0.2) is 0 Å². The van der Waals surface area contributed by atoms with Crippen molar-refractivity contribution < 1.29 is 8.78 Å². The summed E-state index contributed by atoms with van der Waals surface area (Å²) in [5.74, 6) is -0.650. The van der Waals surface area contributed by atoms with Gasteiger partial charge in [-0.25, -0.2) is 0 Å². The molecular weight excluding hydrogens is 174 g/mol. The Hall–Kier alpha value is 0.300. The molecule has 0 aromatic carbocycles. The lowest BCUT2D eigenvalue weighted by molar-refractivity contribution is 0.0458. The largest absolute Gasteiger partial charge is 0.294 e. The normalized spacial score (nSPS) is 26.8. The van der Waals surface area contributed by atoms with Gasteiger partial charge in [-0.15, -0.1) is 25.3 Å². The Bertz CT molecular complexity index is 160. The minimum atomic E-state index is -2.85. The van der Waals surface area contributed by atoms with Crippen molar-refractivity contribution >= 4 is 25.3 Å². The molecule has 1 rings (SSSR count). The number of halogens is 2. The number of hydrogen-bond donors (Lipinski definition) is 2. The molecule has 1 atom stereocenters. The summed E-state index contributed by atoms with van der Waals surface area (Å²) in [6.45, 7) is 0. The molecule has 0 aliphatic heterocycles. The molecule has 0 amide bonds. The first-order valence-corrected chi connectivity index (χ1v) is 3.88. The molecule has 1 aliphatic rings. The molecule has 0 fully saturated rings. The lowest BCUT2D eigenvalue weighted by atomic mass is 10.1. The number of thiol groups is 2. The van der Waals surface area contributed by atoms with Crippen LogP contribution in [0.4, 0.5) is 8.78 Å². The average Bonchev–Trinajstić information content (AvgIpc) is 2.11. The van der Waals surface area contributed by atoms with Gasteiger partial charge in [0.2, 0.25) is 0 Å². The van der Waals surface area contributed by atoms with E-state index in [0.717, 1.165) is 4.91 Å². The molecule has 0 aromatic rings. The first-order valence-electron chi connectivity index (χ1n) is 2.98. The van der Waals surface area contributed by atoms with Crippen LogP contribution in [0.1, 0.15) is 12.8 Å². The highest BCUT2D eigenvalue weighted by atomic mass is 32.1. The Labute approximate surface area is 69.5 Å². The number of allylic oxidation sites excluding steroid dienone is 2. The van der Waals surface area contributed by atoms with Crippen LogP contribution in [0.15, 0.2) is 11.0 Å². The molecule has 0 saturated carbocycles. The van der Waals surface area contributed by atoms with Crippen molar-refractivity contribution in [2.45, 2.75) is 18.1 Å². The van der Waals surface area contributed by atoms with E-state index < -0.39 is 11.2 Å². The third-order valence-corrected chi connectivity index (χ3v) is 2.32. The van der Waals surface area contributed by atoms with Crippen LogP contribution in [0.2, 0.25) is 0 Å². The first kappa shape index (κ1) is 8.40. The highest BCUT2D eigenvalue weighted by molar-refractivity contribution is 7.84. The van der Waals surface area contributed by atoms with Crippen LogP contribution in [-0.4, -0.2) is 5.25 Å². The van der Waals surface area contributed by atoms with Crippen LogP contribution in [0, 0.1) is 5.92 Å². The monoisotopic (exact) mass is 182 g/mol. The maximum absolute atomic E-state index is 12.4. The first-order chi connectivity index (χ1) is 4.50. The minimum absolute atomic E-state index is 0.361. The van der Waals surface area contributed by atoms with E-state index in [4.69, 9.17) is 0 Å². The van der Waals surface area contributed by atoms with Gasteiger partial charge in [-0.2, -0.15) is 8.78 Å². The SMILES string of the molecule is FC(F)(S)C1CC=C(S)C1. The Balaban J connectivity index is 2.50. The number of hydrogen-bond acceptors (Lipinski definition) is 2. The van der Waals surface area contributed by atoms with Gasteiger partial charge in [0, 0.05) is 5.92 Å². The Morgan fingerprint density at radius 1 is 1.60 bits per heavy atom. The summed E-state index contributed by atoms with van der Waals surface area (Å²) in [4.78, 5) is 0.749. The van der Waals surface area contributed by atoms with Crippen molar-refractivity contribution in [3.8, 4) is 0 Å². The lowest BCUT2D eigenvalue weighted by Crippen LogP contribution is -2.18. The van der Waals surface area contributed by atoms with Gasteiger partial charge in [0.05, 0.1) is 0 Å². The Morgan fingerprint density at radius 3 is 2.40 bits per heavy atom. The van der Waals surface area contributed by atoms with E-state index >= 15 is 0 Å². The molecule has 4 heteroatoms. The molecule has 0 N–H and O–H groups in total. The van der Waals surface area contributed by atoms with Crippen molar-refractivity contribution in [3.05, 3.63) is 11.0 Å². The molecule has 0 saturated heterocycles. The molecule has 0 bridgehead atoms. The second kappa shape index (κ2) is 2.74. The van der Waals surface area contributed by atoms with E-state index in [1.165, 1.54) is 0 Å². The van der Waals surface area contributed by atoms with Gasteiger partial charge >= 0.3 is 0 Å². The van der Waals surface area contributed by atoms with Gasteiger partial charge in [-0.05, 0) is 17.7 Å². The van der Waals surface area contributed by atoms with E-state index in [1.54, 1.807) is 6.08 Å². The summed E-state index contributed by atoms with van der Waals surface area (Å²) in [5, 5.41) is -2.85. The molecular formula is C6H8F2S2. The summed E-state index contributed by atoms with van der Waals surface area (Å²) < 4.78 is 24.8. The Morgan fingerprint density at radius 2 is 2.20 bits per heavy atom. The van der Waals surface area contributed by atoms with Gasteiger partial charge in [0.25, 0.3) is 5.25 Å². The smallest absolute Gasteiger partial charge is 0.194 e. The third-order valence-electron chi connectivity index (χ3n) is 1.58. The van der Waals surface area contributed by atoms with E-state index in [1.807, 2.05) is 0 Å². The molecule has 1 aliphatic carbocycles. The van der Waals surface area contributed by atoms with Gasteiger partial charge in [-0.1, -0.05) is 6.08 Å². The second-order valence-corrected chi connectivity index (χ2v) is 3.59. The molecule has 58 valence electrons. The van der Waals surface area contributed by atoms with Crippen LogP contribution in [0.25, 0.3) is 0 Å². The molecule has 1 unspecified atom stereocenters. The van der Waals surface area contributed by atoms with E-state index in [2.05, 4.69) is 25.3 Å². The molecule has 0 aromatic heterocycles. The van der Waals surface area contributed by atoms with E-state index in [0.29, 0.717) is 12.8 Å². The summed E-state index contributed by atoms with van der Waals surface area (Å²) in [5.41, 5.74) is 0. The summed E-state index contributed by atoms with van der Waals surface area (Å²) >= 11 is 7.17. The van der Waals surface area contributed by atoms with Crippen molar-refractivity contribution in [2.75, 3.05) is 0 Å². The van der Waals surface area contributed by atoms with Gasteiger partial charge in [0.1, 0.15) is 0 Å². The lowest BCUT2D eigenvalue weighted by Gasteiger charge is -2.16. The third kappa shape index (κ3) is 1.89. The van der Waals surface area contributed by atoms with Crippen LogP contribution >= 0.6 is 25.3 Å². The summed E-state index contributed by atoms with van der Waals surface area (Å²) in [7, 11) is 0. The van der Waals surface area contributed by atoms with Crippen molar-refractivity contribution in [1.82, 2.24) is 0 Å². The molecule has 0 radical (unpaired) electrons. The van der Waals surface area contributed by atoms with Crippen LogP contribution in [0.3, 0.4) is 0 Å². The van der Waals surface area contributed by atoms with Crippen LogP contribution in [-0.2, 0) is 0 Å². The zero-order valence-electron chi connectivity index (χ0n) is 5.22. The topological polar surface area (TPSA) is 0 Å². The molecule has 0 nitrogen and oxygen atoms in total. The van der Waals surface area contributed by atoms with Crippen molar-refractivity contribution in [2.24, 2.45) is 5.92 Å². The predicted octanol–water partition coefficient (Wildman–Crippen LogP) is 2.73. The van der Waals surface area contributed by atoms with Crippen molar-refractivity contribution in [1.29, 1.82) is 0 Å². The molecule has 10 heavy (non-hydrogen) atoms. The van der Waals surface area contributed by atoms with E-state index in [-0.39, 0.29) is 0 Å². The highest BCUT2D eigenvalue weighted by Gasteiger charge is 2.36. The number of rotatable bonds is 1.